The molecule has 7 rings (SSSR count). The van der Waals surface area contributed by atoms with Gasteiger partial charge in [0.15, 0.2) is 0 Å². The summed E-state index contributed by atoms with van der Waals surface area (Å²) < 4.78 is 5.94. The largest absolute Gasteiger partial charge is 0.373 e. The van der Waals surface area contributed by atoms with Crippen molar-refractivity contribution in [1.82, 2.24) is 30.5 Å². The van der Waals surface area contributed by atoms with Gasteiger partial charge in [0.2, 0.25) is 23.6 Å². The Morgan fingerprint density at radius 2 is 1.85 bits per heavy atom. The average molecular weight is 704 g/mol. The zero-order chi connectivity index (χ0) is 36.4. The first kappa shape index (κ1) is 34.0. The average Bonchev–Trinajstić information content (AvgIpc) is 3.70. The molecule has 0 aliphatic carbocycles. The first-order chi connectivity index (χ1) is 25.2. The number of rotatable bonds is 10. The van der Waals surface area contributed by atoms with Crippen LogP contribution in [0.2, 0.25) is 0 Å². The van der Waals surface area contributed by atoms with Crippen molar-refractivity contribution >= 4 is 58.0 Å². The number of nitrogens with one attached hydrogen (secondary N) is 4. The smallest absolute Gasteiger partial charge is 0.264 e. The summed E-state index contributed by atoms with van der Waals surface area (Å²) in [6.07, 6.45) is 3.30. The molecule has 3 aliphatic heterocycles. The molecule has 0 bridgehead atoms. The van der Waals surface area contributed by atoms with Gasteiger partial charge in [-0.15, -0.1) is 0 Å². The first-order valence-corrected chi connectivity index (χ1v) is 16.8. The normalized spacial score (nSPS) is 18.6. The number of morpholine rings is 1. The van der Waals surface area contributed by atoms with E-state index in [0.29, 0.717) is 36.7 Å². The predicted octanol–water partition coefficient (Wildman–Crippen LogP) is 2.03. The van der Waals surface area contributed by atoms with Gasteiger partial charge in [-0.25, -0.2) is 9.97 Å². The molecular formula is C36H33N9O7. The quantitative estimate of drug-likeness (QED) is 0.175. The fraction of sp³-hybridized carbons (Fsp3) is 0.306. The van der Waals surface area contributed by atoms with E-state index in [-0.39, 0.29) is 67.5 Å². The number of aromatic amines is 1. The third-order valence-electron chi connectivity index (χ3n) is 9.27. The summed E-state index contributed by atoms with van der Waals surface area (Å²) in [5.74, 6) is -2.59. The molecule has 0 radical (unpaired) electrons. The van der Waals surface area contributed by atoms with Crippen molar-refractivity contribution in [2.75, 3.05) is 36.5 Å². The molecule has 2 aromatic heterocycles. The highest BCUT2D eigenvalue weighted by atomic mass is 16.5. The fourth-order valence-corrected chi connectivity index (χ4v) is 6.76. The van der Waals surface area contributed by atoms with Gasteiger partial charge in [-0.2, -0.15) is 5.26 Å². The van der Waals surface area contributed by atoms with Crippen LogP contribution in [-0.2, 0) is 23.9 Å². The maximum Gasteiger partial charge on any atom is 0.264 e. The van der Waals surface area contributed by atoms with Crippen molar-refractivity contribution < 1.29 is 33.5 Å². The van der Waals surface area contributed by atoms with Gasteiger partial charge in [0.05, 0.1) is 46.5 Å². The second-order valence-electron chi connectivity index (χ2n) is 12.6. The van der Waals surface area contributed by atoms with Crippen LogP contribution in [0.15, 0.2) is 55.0 Å². The minimum absolute atomic E-state index is 0.00423. The van der Waals surface area contributed by atoms with Crippen LogP contribution in [0, 0.1) is 11.3 Å². The van der Waals surface area contributed by atoms with E-state index in [1.54, 1.807) is 6.07 Å². The lowest BCUT2D eigenvalue weighted by atomic mass is 10.0. The number of nitrogens with zero attached hydrogens (tertiary/aromatic N) is 5. The van der Waals surface area contributed by atoms with E-state index in [9.17, 15) is 34.0 Å². The van der Waals surface area contributed by atoms with Crippen LogP contribution in [0.1, 0.15) is 58.4 Å². The number of hydrogen-bond acceptors (Lipinski definition) is 11. The molecule has 4 aromatic rings. The molecule has 2 fully saturated rings. The lowest BCUT2D eigenvalue weighted by molar-refractivity contribution is -0.136. The Bertz CT molecular complexity index is 2170. The van der Waals surface area contributed by atoms with Crippen LogP contribution in [0.25, 0.3) is 22.2 Å². The number of aromatic nitrogens is 3. The molecule has 264 valence electrons. The minimum atomic E-state index is -1.12. The monoisotopic (exact) mass is 703 g/mol. The summed E-state index contributed by atoms with van der Waals surface area (Å²) in [5, 5.41) is 17.9. The van der Waals surface area contributed by atoms with Crippen LogP contribution in [-0.4, -0.2) is 93.7 Å². The molecule has 16 nitrogen and oxygen atoms in total. The van der Waals surface area contributed by atoms with Crippen molar-refractivity contribution in [2.24, 2.45) is 0 Å². The van der Waals surface area contributed by atoms with Crippen molar-refractivity contribution in [3.63, 3.8) is 0 Å². The van der Waals surface area contributed by atoms with Crippen molar-refractivity contribution in [1.29, 1.82) is 5.26 Å². The van der Waals surface area contributed by atoms with Gasteiger partial charge in [0.25, 0.3) is 11.8 Å². The molecule has 2 unspecified atom stereocenters. The van der Waals surface area contributed by atoms with Gasteiger partial charge in [-0.3, -0.25) is 39.0 Å². The van der Waals surface area contributed by atoms with Gasteiger partial charge < -0.3 is 25.3 Å². The van der Waals surface area contributed by atoms with Gasteiger partial charge in [0.1, 0.15) is 23.8 Å². The molecule has 4 N–H and O–H groups in total. The van der Waals surface area contributed by atoms with Crippen LogP contribution < -0.4 is 20.9 Å². The number of carbonyl (C=O) groups excluding carboxylic acids is 6. The fourth-order valence-electron chi connectivity index (χ4n) is 6.76. The Kier molecular flexibility index (Phi) is 9.42. The summed E-state index contributed by atoms with van der Waals surface area (Å²) in [6.45, 7) is 1.70. The van der Waals surface area contributed by atoms with Crippen LogP contribution in [0.4, 0.5) is 11.5 Å². The molecule has 2 aromatic carbocycles. The van der Waals surface area contributed by atoms with Gasteiger partial charge >= 0.3 is 0 Å². The zero-order valence-corrected chi connectivity index (χ0v) is 27.8. The first-order valence-electron chi connectivity index (χ1n) is 16.8. The third-order valence-corrected chi connectivity index (χ3v) is 9.27. The molecule has 0 saturated carbocycles. The lowest BCUT2D eigenvalue weighted by Gasteiger charge is -2.34. The number of nitriles is 1. The van der Waals surface area contributed by atoms with E-state index in [1.165, 1.54) is 24.5 Å². The molecule has 3 aliphatic rings. The molecule has 2 atom stereocenters. The van der Waals surface area contributed by atoms with E-state index in [4.69, 9.17) is 4.74 Å². The van der Waals surface area contributed by atoms with E-state index < -0.39 is 35.6 Å². The predicted molar refractivity (Wildman–Crippen MR) is 185 cm³/mol. The SMILES string of the molecule is N#Cc1cccc(-c2c[nH]c3ncnc(N4CCOC(CNC(=O)CCCC(=O)Nc5cccc6c5C(=O)N(C5CCC(=O)NC5=O)C6=O)C4)c23)c1. The second-order valence-corrected chi connectivity index (χ2v) is 12.6. The number of ether oxygens (including phenoxy) is 1. The molecule has 2 saturated heterocycles. The summed E-state index contributed by atoms with van der Waals surface area (Å²) in [7, 11) is 0. The highest BCUT2D eigenvalue weighted by Crippen LogP contribution is 2.35. The number of benzene rings is 2. The number of fused-ring (bicyclic) bond motifs is 2. The van der Waals surface area contributed by atoms with Crippen LogP contribution >= 0.6 is 0 Å². The topological polar surface area (TPSA) is 220 Å². The Morgan fingerprint density at radius 1 is 1.02 bits per heavy atom. The number of H-pyrrole nitrogens is 1. The highest BCUT2D eigenvalue weighted by molar-refractivity contribution is 6.26. The second kappa shape index (κ2) is 14.4. The van der Waals surface area contributed by atoms with Gasteiger partial charge in [-0.05, 0) is 42.7 Å². The molecule has 52 heavy (non-hydrogen) atoms. The van der Waals surface area contributed by atoms with Gasteiger partial charge in [-0.1, -0.05) is 18.2 Å². The Balaban J connectivity index is 0.912. The molecule has 6 amide bonds. The van der Waals surface area contributed by atoms with Crippen molar-refractivity contribution in [3.8, 4) is 17.2 Å². The standard InChI is InChI=1S/C36H33N9O7/c37-15-20-4-1-5-21(14-20)24-17-39-32-31(24)33(41-19-40-32)44-12-13-52-22(18-44)16-38-27(46)8-3-9-28(47)42-25-7-2-6-23-30(25)36(51)45(35(23)50)26-10-11-29(48)43-34(26)49/h1-2,4-7,14,17,19,22,26H,3,8-13,16,18H2,(H,38,46)(H,42,47)(H,39,40,41)(H,43,48,49). The summed E-state index contributed by atoms with van der Waals surface area (Å²) in [6, 6.07) is 12.8. The molecule has 0 spiro atoms. The maximum atomic E-state index is 13.3. The number of piperidine rings is 1. The van der Waals surface area contributed by atoms with Gasteiger partial charge in [0, 0.05) is 50.7 Å². The third kappa shape index (κ3) is 6.68. The minimum Gasteiger partial charge on any atom is -0.373 e. The lowest BCUT2D eigenvalue weighted by Crippen LogP contribution is -2.54. The molecule has 5 heterocycles. The zero-order valence-electron chi connectivity index (χ0n) is 27.8. The number of hydrogen-bond donors (Lipinski definition) is 4. The number of carbonyl (C=O) groups is 6. The van der Waals surface area contributed by atoms with Crippen LogP contribution in [0.5, 0.6) is 0 Å². The summed E-state index contributed by atoms with van der Waals surface area (Å²) in [4.78, 5) is 91.0. The van der Waals surface area contributed by atoms with Crippen molar-refractivity contribution in [3.05, 3.63) is 71.7 Å². The van der Waals surface area contributed by atoms with E-state index in [2.05, 4.69) is 41.9 Å². The Hall–Kier alpha value is -6.47. The van der Waals surface area contributed by atoms with E-state index >= 15 is 0 Å². The number of imide groups is 2. The van der Waals surface area contributed by atoms with E-state index in [0.717, 1.165) is 21.4 Å². The summed E-state index contributed by atoms with van der Waals surface area (Å²) >= 11 is 0. The highest BCUT2D eigenvalue weighted by Gasteiger charge is 2.45. The molecule has 16 heteroatoms. The molecular weight excluding hydrogens is 670 g/mol. The Morgan fingerprint density at radius 3 is 2.67 bits per heavy atom. The maximum absolute atomic E-state index is 13.3. The van der Waals surface area contributed by atoms with Crippen LogP contribution in [0.3, 0.4) is 0 Å². The van der Waals surface area contributed by atoms with Crippen molar-refractivity contribution in [2.45, 2.75) is 44.2 Å². The summed E-state index contributed by atoms with van der Waals surface area (Å²) in [5.41, 5.74) is 3.10. The number of anilines is 2. The Labute approximate surface area is 296 Å². The number of amides is 6. The van der Waals surface area contributed by atoms with E-state index in [1.807, 2.05) is 24.4 Å².